The van der Waals surface area contributed by atoms with E-state index in [2.05, 4.69) is 10.4 Å². The van der Waals surface area contributed by atoms with Crippen molar-refractivity contribution < 1.29 is 19.4 Å². The van der Waals surface area contributed by atoms with E-state index in [1.165, 1.54) is 4.68 Å². The minimum Gasteiger partial charge on any atom is -0.479 e. The molecule has 0 radical (unpaired) electrons. The monoisotopic (exact) mass is 373 g/mol. The first kappa shape index (κ1) is 20.5. The molecule has 2 rings (SSSR count). The van der Waals surface area contributed by atoms with Crippen molar-refractivity contribution in [3.05, 3.63) is 42.2 Å². The molecule has 1 aromatic carbocycles. The summed E-state index contributed by atoms with van der Waals surface area (Å²) in [7, 11) is 0. The molecule has 7 heteroatoms. The average Bonchev–Trinajstić information content (AvgIpc) is 3.04. The van der Waals surface area contributed by atoms with Gasteiger partial charge in [0.2, 0.25) is 0 Å². The molecule has 1 aromatic heterocycles. The van der Waals surface area contributed by atoms with Crippen LogP contribution in [0.15, 0.2) is 36.7 Å². The van der Waals surface area contributed by atoms with Crippen LogP contribution in [0.5, 0.6) is 0 Å². The average molecular weight is 373 g/mol. The maximum absolute atomic E-state index is 11.7. The van der Waals surface area contributed by atoms with Crippen LogP contribution in [0.25, 0.3) is 11.1 Å². The second kappa shape index (κ2) is 7.82. The molecule has 0 saturated heterocycles. The van der Waals surface area contributed by atoms with Gasteiger partial charge in [0.25, 0.3) is 0 Å². The number of nitrogens with one attached hydrogen (secondary N) is 1. The van der Waals surface area contributed by atoms with E-state index in [1.54, 1.807) is 26.2 Å². The lowest BCUT2D eigenvalue weighted by Gasteiger charge is -2.19. The standard InChI is InChI=1S/C20H27N3O4/c1-19(2,3)27-18(26)21-10-9-14-7-6-8-15(11-14)16-12-22-23(13-16)20(4,5)17(24)25/h6-8,11-13H,9-10H2,1-5H3,(H,21,26)(H,24,25). The summed E-state index contributed by atoms with van der Waals surface area (Å²) in [5.74, 6) is -0.945. The van der Waals surface area contributed by atoms with Crippen molar-refractivity contribution in [3.8, 4) is 11.1 Å². The van der Waals surface area contributed by atoms with E-state index in [0.717, 1.165) is 16.7 Å². The van der Waals surface area contributed by atoms with Gasteiger partial charge >= 0.3 is 12.1 Å². The number of aromatic nitrogens is 2. The summed E-state index contributed by atoms with van der Waals surface area (Å²) in [5.41, 5.74) is 1.19. The smallest absolute Gasteiger partial charge is 0.407 e. The maximum atomic E-state index is 11.7. The van der Waals surface area contributed by atoms with Gasteiger partial charge in [0.1, 0.15) is 5.60 Å². The van der Waals surface area contributed by atoms with Crippen molar-refractivity contribution in [2.24, 2.45) is 0 Å². The number of hydrogen-bond acceptors (Lipinski definition) is 4. The fraction of sp³-hybridized carbons (Fsp3) is 0.450. The van der Waals surface area contributed by atoms with Crippen LogP contribution in [0.2, 0.25) is 0 Å². The molecule has 1 heterocycles. The van der Waals surface area contributed by atoms with Gasteiger partial charge in [0, 0.05) is 18.3 Å². The van der Waals surface area contributed by atoms with Gasteiger partial charge in [0.05, 0.1) is 6.20 Å². The molecule has 2 aromatic rings. The van der Waals surface area contributed by atoms with Crippen LogP contribution in [0.4, 0.5) is 4.79 Å². The van der Waals surface area contributed by atoms with Crippen molar-refractivity contribution in [2.45, 2.75) is 52.2 Å². The van der Waals surface area contributed by atoms with Crippen LogP contribution in [-0.2, 0) is 21.5 Å². The van der Waals surface area contributed by atoms with E-state index in [4.69, 9.17) is 4.74 Å². The Morgan fingerprint density at radius 3 is 2.52 bits per heavy atom. The highest BCUT2D eigenvalue weighted by Gasteiger charge is 2.30. The first-order chi connectivity index (χ1) is 12.5. The number of carbonyl (C=O) groups is 2. The topological polar surface area (TPSA) is 93.5 Å². The van der Waals surface area contributed by atoms with Crippen LogP contribution in [0.3, 0.4) is 0 Å². The van der Waals surface area contributed by atoms with Crippen molar-refractivity contribution in [3.63, 3.8) is 0 Å². The molecule has 0 bridgehead atoms. The highest BCUT2D eigenvalue weighted by Crippen LogP contribution is 2.23. The van der Waals surface area contributed by atoms with Crippen LogP contribution < -0.4 is 5.32 Å². The highest BCUT2D eigenvalue weighted by molar-refractivity contribution is 5.76. The van der Waals surface area contributed by atoms with E-state index in [-0.39, 0.29) is 0 Å². The summed E-state index contributed by atoms with van der Waals surface area (Å²) in [5, 5.41) is 16.3. The number of benzene rings is 1. The van der Waals surface area contributed by atoms with E-state index in [0.29, 0.717) is 13.0 Å². The summed E-state index contributed by atoms with van der Waals surface area (Å²) < 4.78 is 6.66. The third-order valence-corrected chi connectivity index (χ3v) is 4.02. The number of hydrogen-bond donors (Lipinski definition) is 2. The van der Waals surface area contributed by atoms with Crippen LogP contribution in [0, 0.1) is 0 Å². The van der Waals surface area contributed by atoms with Gasteiger partial charge in [-0.1, -0.05) is 24.3 Å². The molecule has 0 atom stereocenters. The summed E-state index contributed by atoms with van der Waals surface area (Å²) in [6.45, 7) is 9.13. The van der Waals surface area contributed by atoms with Gasteiger partial charge in [-0.25, -0.2) is 9.59 Å². The Morgan fingerprint density at radius 1 is 1.19 bits per heavy atom. The number of amides is 1. The number of rotatable bonds is 6. The number of aliphatic carboxylic acids is 1. The van der Waals surface area contributed by atoms with Crippen LogP contribution in [-0.4, -0.2) is 39.1 Å². The van der Waals surface area contributed by atoms with E-state index >= 15 is 0 Å². The Labute approximate surface area is 159 Å². The van der Waals surface area contributed by atoms with Crippen molar-refractivity contribution in [2.75, 3.05) is 6.54 Å². The van der Waals surface area contributed by atoms with Crippen LogP contribution >= 0.6 is 0 Å². The number of carboxylic acids is 1. The van der Waals surface area contributed by atoms with Gasteiger partial charge in [-0.05, 0) is 52.2 Å². The molecule has 0 aliphatic carbocycles. The molecular formula is C20H27N3O4. The fourth-order valence-corrected chi connectivity index (χ4v) is 2.41. The third kappa shape index (κ3) is 5.57. The number of alkyl carbamates (subject to hydrolysis) is 1. The van der Waals surface area contributed by atoms with Gasteiger partial charge in [0.15, 0.2) is 5.54 Å². The number of ether oxygens (including phenoxy) is 1. The number of carbonyl (C=O) groups excluding carboxylic acids is 1. The molecule has 0 unspecified atom stereocenters. The summed E-state index contributed by atoms with van der Waals surface area (Å²) in [6.07, 6.45) is 3.60. The van der Waals surface area contributed by atoms with Crippen LogP contribution in [0.1, 0.15) is 40.2 Å². The lowest BCUT2D eigenvalue weighted by molar-refractivity contribution is -0.146. The molecular weight excluding hydrogens is 346 g/mol. The second-order valence-electron chi connectivity index (χ2n) is 7.92. The molecule has 0 saturated carbocycles. The Bertz CT molecular complexity index is 819. The Kier molecular flexibility index (Phi) is 5.93. The molecule has 0 spiro atoms. The van der Waals surface area contributed by atoms with Gasteiger partial charge < -0.3 is 15.2 Å². The van der Waals surface area contributed by atoms with Crippen molar-refractivity contribution in [1.29, 1.82) is 0 Å². The lowest BCUT2D eigenvalue weighted by atomic mass is 10.0. The molecule has 0 aliphatic rings. The first-order valence-corrected chi connectivity index (χ1v) is 8.84. The highest BCUT2D eigenvalue weighted by atomic mass is 16.6. The minimum absolute atomic E-state index is 0.434. The van der Waals surface area contributed by atoms with E-state index in [1.807, 2.05) is 45.0 Å². The quantitative estimate of drug-likeness (QED) is 0.809. The fourth-order valence-electron chi connectivity index (χ4n) is 2.41. The second-order valence-corrected chi connectivity index (χ2v) is 7.92. The largest absolute Gasteiger partial charge is 0.479 e. The molecule has 1 amide bonds. The molecule has 2 N–H and O–H groups in total. The van der Waals surface area contributed by atoms with Crippen molar-refractivity contribution in [1.82, 2.24) is 15.1 Å². The normalized spacial score (nSPS) is 11.9. The molecule has 0 fully saturated rings. The zero-order chi connectivity index (χ0) is 20.2. The summed E-state index contributed by atoms with van der Waals surface area (Å²) >= 11 is 0. The molecule has 27 heavy (non-hydrogen) atoms. The summed E-state index contributed by atoms with van der Waals surface area (Å²) in [6, 6.07) is 7.86. The molecule has 7 nitrogen and oxygen atoms in total. The minimum atomic E-state index is -1.12. The third-order valence-electron chi connectivity index (χ3n) is 4.02. The Hall–Kier alpha value is -2.83. The Morgan fingerprint density at radius 2 is 1.89 bits per heavy atom. The Balaban J connectivity index is 2.03. The molecule has 0 aliphatic heterocycles. The SMILES string of the molecule is CC(C)(C)OC(=O)NCCc1cccc(-c2cnn(C(C)(C)C(=O)O)c2)c1. The van der Waals surface area contributed by atoms with Gasteiger partial charge in [-0.15, -0.1) is 0 Å². The predicted octanol–water partition coefficient (Wildman–Crippen LogP) is 3.44. The van der Waals surface area contributed by atoms with Crippen molar-refractivity contribution >= 4 is 12.1 Å². The molecule has 146 valence electrons. The van der Waals surface area contributed by atoms with E-state index in [9.17, 15) is 14.7 Å². The maximum Gasteiger partial charge on any atom is 0.407 e. The van der Waals surface area contributed by atoms with Gasteiger partial charge in [-0.3, -0.25) is 4.68 Å². The predicted molar refractivity (Wildman–Crippen MR) is 103 cm³/mol. The summed E-state index contributed by atoms with van der Waals surface area (Å²) in [4.78, 5) is 23.1. The first-order valence-electron chi connectivity index (χ1n) is 8.84. The zero-order valence-corrected chi connectivity index (χ0v) is 16.4. The lowest BCUT2D eigenvalue weighted by Crippen LogP contribution is -2.35. The number of nitrogens with zero attached hydrogens (tertiary/aromatic N) is 2. The zero-order valence-electron chi connectivity index (χ0n) is 16.4. The van der Waals surface area contributed by atoms with Gasteiger partial charge in [-0.2, -0.15) is 5.10 Å². The van der Waals surface area contributed by atoms with E-state index < -0.39 is 23.2 Å². The number of carboxylic acid groups (broad SMARTS) is 1.